The Morgan fingerprint density at radius 2 is 2.24 bits per heavy atom. The number of hydrogen-bond donors (Lipinski definition) is 2. The van der Waals surface area contributed by atoms with E-state index in [0.29, 0.717) is 16.9 Å². The van der Waals surface area contributed by atoms with Crippen LogP contribution in [0.15, 0.2) is 34.1 Å². The van der Waals surface area contributed by atoms with E-state index in [-0.39, 0.29) is 12.1 Å². The standard InChI is InChI=1S/C11H12N4O2/c1-7-5-15(11(17)14-10(7)16)6-9-4-8(12)2-3-13-9/h2-5H,6H2,1H3,(H2,12,13)(H,14,16,17). The molecule has 2 aromatic heterocycles. The highest BCUT2D eigenvalue weighted by Gasteiger charge is 2.02. The molecule has 0 spiro atoms. The van der Waals surface area contributed by atoms with Gasteiger partial charge in [0.2, 0.25) is 0 Å². The Morgan fingerprint density at radius 1 is 1.47 bits per heavy atom. The van der Waals surface area contributed by atoms with Gasteiger partial charge in [0.05, 0.1) is 12.2 Å². The highest BCUT2D eigenvalue weighted by molar-refractivity contribution is 5.37. The molecule has 0 aliphatic heterocycles. The van der Waals surface area contributed by atoms with Gasteiger partial charge in [-0.25, -0.2) is 4.79 Å². The number of rotatable bonds is 2. The minimum atomic E-state index is -0.454. The number of nitrogen functional groups attached to an aromatic ring is 1. The number of hydrogen-bond acceptors (Lipinski definition) is 4. The Bertz CT molecular complexity index is 657. The molecule has 0 unspecified atom stereocenters. The number of nitrogens with one attached hydrogen (secondary N) is 1. The maximum Gasteiger partial charge on any atom is 0.328 e. The van der Waals surface area contributed by atoms with Crippen LogP contribution in [0.5, 0.6) is 0 Å². The third kappa shape index (κ3) is 2.41. The second-order valence-corrected chi connectivity index (χ2v) is 3.78. The zero-order valence-corrected chi connectivity index (χ0v) is 9.30. The first kappa shape index (κ1) is 11.1. The van der Waals surface area contributed by atoms with Crippen LogP contribution in [0, 0.1) is 6.92 Å². The highest BCUT2D eigenvalue weighted by Crippen LogP contribution is 2.03. The average Bonchev–Trinajstić information content (AvgIpc) is 2.26. The first-order valence-electron chi connectivity index (χ1n) is 5.07. The number of nitrogens with two attached hydrogens (primary N) is 1. The fourth-order valence-electron chi connectivity index (χ4n) is 1.49. The van der Waals surface area contributed by atoms with Crippen LogP contribution in [0.4, 0.5) is 5.69 Å². The Labute approximate surface area is 96.8 Å². The zero-order chi connectivity index (χ0) is 12.4. The van der Waals surface area contributed by atoms with Crippen molar-refractivity contribution in [2.45, 2.75) is 13.5 Å². The van der Waals surface area contributed by atoms with E-state index in [4.69, 9.17) is 5.73 Å². The molecule has 0 saturated heterocycles. The topological polar surface area (TPSA) is 93.8 Å². The van der Waals surface area contributed by atoms with Crippen molar-refractivity contribution in [3.8, 4) is 0 Å². The van der Waals surface area contributed by atoms with E-state index < -0.39 is 5.69 Å². The van der Waals surface area contributed by atoms with Gasteiger partial charge < -0.3 is 5.73 Å². The Hall–Kier alpha value is -2.37. The average molecular weight is 232 g/mol. The molecule has 2 heterocycles. The molecule has 0 bridgehead atoms. The monoisotopic (exact) mass is 232 g/mol. The van der Waals surface area contributed by atoms with E-state index in [9.17, 15) is 9.59 Å². The van der Waals surface area contributed by atoms with Crippen molar-refractivity contribution in [2.24, 2.45) is 0 Å². The van der Waals surface area contributed by atoms with Crippen LogP contribution in [-0.2, 0) is 6.54 Å². The van der Waals surface area contributed by atoms with Crippen LogP contribution < -0.4 is 17.0 Å². The largest absolute Gasteiger partial charge is 0.399 e. The first-order chi connectivity index (χ1) is 8.06. The maximum absolute atomic E-state index is 11.5. The lowest BCUT2D eigenvalue weighted by atomic mass is 10.3. The summed E-state index contributed by atoms with van der Waals surface area (Å²) in [6.07, 6.45) is 3.08. The molecule has 0 aliphatic rings. The SMILES string of the molecule is Cc1cn(Cc2cc(N)ccn2)c(=O)[nH]c1=O. The van der Waals surface area contributed by atoms with Crippen LogP contribution in [0.25, 0.3) is 0 Å². The van der Waals surface area contributed by atoms with Gasteiger partial charge in [0.25, 0.3) is 5.56 Å². The summed E-state index contributed by atoms with van der Waals surface area (Å²) in [5, 5.41) is 0. The minimum absolute atomic E-state index is 0.279. The van der Waals surface area contributed by atoms with Crippen LogP contribution in [0.2, 0.25) is 0 Å². The highest BCUT2D eigenvalue weighted by atomic mass is 16.2. The molecule has 0 atom stereocenters. The van der Waals surface area contributed by atoms with Crippen LogP contribution >= 0.6 is 0 Å². The minimum Gasteiger partial charge on any atom is -0.399 e. The van der Waals surface area contributed by atoms with Gasteiger partial charge in [-0.3, -0.25) is 19.3 Å². The third-order valence-corrected chi connectivity index (χ3v) is 2.36. The van der Waals surface area contributed by atoms with E-state index in [2.05, 4.69) is 9.97 Å². The number of aromatic nitrogens is 3. The number of aromatic amines is 1. The van der Waals surface area contributed by atoms with Gasteiger partial charge in [0.15, 0.2) is 0 Å². The van der Waals surface area contributed by atoms with Gasteiger partial charge in [0, 0.05) is 23.6 Å². The van der Waals surface area contributed by atoms with Crippen LogP contribution in [0.1, 0.15) is 11.3 Å². The van der Waals surface area contributed by atoms with Crippen molar-refractivity contribution in [1.29, 1.82) is 0 Å². The summed E-state index contributed by atoms with van der Waals surface area (Å²) in [5.74, 6) is 0. The second-order valence-electron chi connectivity index (χ2n) is 3.78. The van der Waals surface area contributed by atoms with E-state index in [0.717, 1.165) is 0 Å². The molecule has 2 rings (SSSR count). The van der Waals surface area contributed by atoms with Crippen molar-refractivity contribution < 1.29 is 0 Å². The molecule has 0 fully saturated rings. The van der Waals surface area contributed by atoms with Crippen molar-refractivity contribution in [2.75, 3.05) is 5.73 Å². The number of aryl methyl sites for hydroxylation is 1. The molecule has 2 aromatic rings. The molecular weight excluding hydrogens is 220 g/mol. The number of anilines is 1. The Morgan fingerprint density at radius 3 is 2.94 bits per heavy atom. The molecule has 17 heavy (non-hydrogen) atoms. The third-order valence-electron chi connectivity index (χ3n) is 2.36. The lowest BCUT2D eigenvalue weighted by molar-refractivity contribution is 0.699. The van der Waals surface area contributed by atoms with Crippen molar-refractivity contribution in [3.05, 3.63) is 56.6 Å². The molecule has 6 heteroatoms. The quantitative estimate of drug-likeness (QED) is 0.754. The van der Waals surface area contributed by atoms with Gasteiger partial charge in [0.1, 0.15) is 0 Å². The van der Waals surface area contributed by atoms with Gasteiger partial charge in [-0.15, -0.1) is 0 Å². The van der Waals surface area contributed by atoms with E-state index in [1.807, 2.05) is 0 Å². The van der Waals surface area contributed by atoms with Gasteiger partial charge in [-0.1, -0.05) is 0 Å². The summed E-state index contributed by atoms with van der Waals surface area (Å²) in [6.45, 7) is 1.92. The molecule has 6 nitrogen and oxygen atoms in total. The summed E-state index contributed by atoms with van der Waals surface area (Å²) in [6, 6.07) is 3.36. The normalized spacial score (nSPS) is 10.4. The van der Waals surface area contributed by atoms with E-state index in [1.54, 1.807) is 25.3 Å². The van der Waals surface area contributed by atoms with Crippen molar-refractivity contribution >= 4 is 5.69 Å². The van der Waals surface area contributed by atoms with Gasteiger partial charge in [-0.05, 0) is 19.1 Å². The van der Waals surface area contributed by atoms with Crippen LogP contribution in [-0.4, -0.2) is 14.5 Å². The Kier molecular flexibility index (Phi) is 2.78. The summed E-state index contributed by atoms with van der Waals surface area (Å²) in [7, 11) is 0. The summed E-state index contributed by atoms with van der Waals surface area (Å²) < 4.78 is 1.39. The zero-order valence-electron chi connectivity index (χ0n) is 9.30. The molecule has 0 saturated carbocycles. The molecule has 0 radical (unpaired) electrons. The molecule has 0 amide bonds. The molecule has 88 valence electrons. The predicted octanol–water partition coefficient (Wildman–Crippen LogP) is -0.129. The maximum atomic E-state index is 11.5. The lowest BCUT2D eigenvalue weighted by Gasteiger charge is -2.05. The van der Waals surface area contributed by atoms with E-state index >= 15 is 0 Å². The molecule has 0 aromatic carbocycles. The number of nitrogens with zero attached hydrogens (tertiary/aromatic N) is 2. The van der Waals surface area contributed by atoms with Crippen LogP contribution in [0.3, 0.4) is 0 Å². The van der Waals surface area contributed by atoms with Crippen molar-refractivity contribution in [3.63, 3.8) is 0 Å². The smallest absolute Gasteiger partial charge is 0.328 e. The first-order valence-corrected chi connectivity index (χ1v) is 5.07. The second kappa shape index (κ2) is 4.25. The molecule has 3 N–H and O–H groups in total. The molecule has 0 aliphatic carbocycles. The lowest BCUT2D eigenvalue weighted by Crippen LogP contribution is -2.31. The summed E-state index contributed by atoms with van der Waals surface area (Å²) in [5.41, 5.74) is 6.53. The summed E-state index contributed by atoms with van der Waals surface area (Å²) >= 11 is 0. The van der Waals surface area contributed by atoms with Gasteiger partial charge in [-0.2, -0.15) is 0 Å². The van der Waals surface area contributed by atoms with Crippen molar-refractivity contribution in [1.82, 2.24) is 14.5 Å². The van der Waals surface area contributed by atoms with E-state index in [1.165, 1.54) is 10.8 Å². The number of H-pyrrole nitrogens is 1. The molecular formula is C11H12N4O2. The van der Waals surface area contributed by atoms with Gasteiger partial charge >= 0.3 is 5.69 Å². The number of pyridine rings is 1. The summed E-state index contributed by atoms with van der Waals surface area (Å²) in [4.78, 5) is 29.1. The fraction of sp³-hybridized carbons (Fsp3) is 0.182. The predicted molar refractivity (Wildman–Crippen MR) is 63.8 cm³/mol. The Balaban J connectivity index is 2.40. The fourth-order valence-corrected chi connectivity index (χ4v) is 1.49.